The lowest BCUT2D eigenvalue weighted by atomic mass is 9.95. The first kappa shape index (κ1) is 76.8. The Morgan fingerprint density at radius 3 is 2.19 bits per heavy atom. The molecule has 1 unspecified atom stereocenters. The van der Waals surface area contributed by atoms with E-state index in [2.05, 4.69) is 56.4 Å². The molecule has 14 rings (SSSR count). The number of anilines is 4. The third-order valence-electron chi connectivity index (χ3n) is 22.3. The predicted molar refractivity (Wildman–Crippen MR) is 414 cm³/mol. The number of likely N-dealkylation sites (tertiary alicyclic amines) is 1. The molecule has 588 valence electrons. The Labute approximate surface area is 648 Å². The van der Waals surface area contributed by atoms with Crippen molar-refractivity contribution in [3.05, 3.63) is 161 Å². The molecule has 6 aromatic rings. The average molecular weight is 1530 g/mol. The van der Waals surface area contributed by atoms with Crippen molar-refractivity contribution in [1.29, 1.82) is 0 Å². The van der Waals surface area contributed by atoms with Gasteiger partial charge >= 0.3 is 6.09 Å². The van der Waals surface area contributed by atoms with Crippen LogP contribution in [0.25, 0.3) is 17.0 Å². The summed E-state index contributed by atoms with van der Waals surface area (Å²) < 4.78 is 35.3. The van der Waals surface area contributed by atoms with E-state index < -0.39 is 73.1 Å². The SMILES string of the molecule is CC[C@H](C)[C@H](NC(=O)[C@H]1CCCN1C(=O)CNC(=O)CNC(=O)CCC(=O)N1Cc2ccccc2C2=C(c3ccccc31)N(C(C)C)NN2)C(=O)Nc1ccc(COC(=O)N2c3cc(OCCCOc4cc5c(cc4OC)C(=O)N4C=C(c6ccc(OC)nc6)C[C@H]4CN5)c(OC)cc3C(=O)N3CC4(CC4)C[C@H]3C2O)cc1. The second-order valence-electron chi connectivity index (χ2n) is 29.8. The number of carbonyl (C=O) groups excluding carboxylic acids is 9. The van der Waals surface area contributed by atoms with Gasteiger partial charge in [-0.3, -0.25) is 43.4 Å². The average Bonchev–Trinajstić information content (AvgIpc) is 1.56. The number of nitrogens with one attached hydrogen (secondary N) is 7. The van der Waals surface area contributed by atoms with E-state index in [4.69, 9.17) is 28.4 Å². The minimum atomic E-state index is -1.50. The lowest BCUT2D eigenvalue weighted by molar-refractivity contribution is -0.139. The van der Waals surface area contributed by atoms with Gasteiger partial charge in [0.05, 0.1) is 106 Å². The normalized spacial score (nSPS) is 19.4. The molecule has 3 fully saturated rings. The van der Waals surface area contributed by atoms with Crippen molar-refractivity contribution < 1.29 is 76.7 Å². The van der Waals surface area contributed by atoms with Crippen LogP contribution in [-0.4, -0.2) is 187 Å². The summed E-state index contributed by atoms with van der Waals surface area (Å²) in [6.07, 6.45) is 5.37. The zero-order valence-corrected chi connectivity index (χ0v) is 63.7. The molecular formula is C82H94N14O16. The number of methoxy groups -OCH3 is 3. The summed E-state index contributed by atoms with van der Waals surface area (Å²) >= 11 is 0. The predicted octanol–water partition coefficient (Wildman–Crippen LogP) is 7.69. The number of benzene rings is 5. The Hall–Kier alpha value is -11.9. The van der Waals surface area contributed by atoms with E-state index in [1.54, 1.807) is 70.5 Å². The zero-order valence-electron chi connectivity index (χ0n) is 63.7. The van der Waals surface area contributed by atoms with Gasteiger partial charge in [0.2, 0.25) is 41.3 Å². The first-order valence-corrected chi connectivity index (χ1v) is 38.1. The van der Waals surface area contributed by atoms with E-state index in [1.807, 2.05) is 79.7 Å². The van der Waals surface area contributed by atoms with Gasteiger partial charge in [-0.25, -0.2) is 14.7 Å². The standard InChI is InChI=1S/C82H94N14O16/c1-8-48(4)73(88-76(101)61-19-13-30-91(61)72(100)42-85-69(98)41-84-68(97)25-27-71(99)93-43-51-15-9-10-16-55(51)74-75(96(47(2)3)90-89-74)56-17-11-12-18-60(56)93)77(102)87-53-23-20-49(21-24-53)45-112-81(106)95-62-37-67(65(108-6)35-58(62)79(104)94-46-82(28-29-82)38-63(94)80(95)105)111-32-14-31-110-66-36-59-57(34-64(66)107-5)78(103)92-44-52(33-54(92)40-83-59)50-22-26-70(109-7)86-39-50/h9-12,15-18,20-24,26,34-37,39,44,47-48,54,61,63,73,80,83,89-90,105H,8,13-14,19,25,27-33,38,40-43,45-46H2,1-7H3,(H,84,97)(H,85,98)(H,87,102)(H,88,101)/t48-,54-,61+,63-,73-,80?/m0/s1. The first-order chi connectivity index (χ1) is 54.1. The van der Waals surface area contributed by atoms with Crippen molar-refractivity contribution in [2.75, 3.05) is 87.7 Å². The molecule has 112 heavy (non-hydrogen) atoms. The van der Waals surface area contributed by atoms with Crippen molar-refractivity contribution in [3.8, 4) is 28.9 Å². The molecule has 8 N–H and O–H groups in total. The Kier molecular flexibility index (Phi) is 22.6. The van der Waals surface area contributed by atoms with Crippen LogP contribution in [0.1, 0.15) is 140 Å². The van der Waals surface area contributed by atoms with Crippen LogP contribution in [0.3, 0.4) is 0 Å². The van der Waals surface area contributed by atoms with Crippen LogP contribution in [0.2, 0.25) is 0 Å². The molecule has 2 saturated heterocycles. The molecule has 30 nitrogen and oxygen atoms in total. The molecule has 6 atom stereocenters. The molecule has 1 saturated carbocycles. The van der Waals surface area contributed by atoms with E-state index in [-0.39, 0.29) is 110 Å². The summed E-state index contributed by atoms with van der Waals surface area (Å²) in [5.41, 5.74) is 15.6. The summed E-state index contributed by atoms with van der Waals surface area (Å²) in [5.74, 6) is -2.27. The van der Waals surface area contributed by atoms with Crippen molar-refractivity contribution in [3.63, 3.8) is 0 Å². The first-order valence-electron chi connectivity index (χ1n) is 38.1. The van der Waals surface area contributed by atoms with E-state index in [1.165, 1.54) is 31.3 Å². The molecule has 0 radical (unpaired) electrons. The number of aliphatic hydroxyl groups excluding tert-OH is 1. The molecule has 1 aliphatic carbocycles. The number of nitrogens with zero attached hydrogens (tertiary/aromatic N) is 7. The number of fused-ring (bicyclic) bond motifs is 8. The van der Waals surface area contributed by atoms with Crippen molar-refractivity contribution in [2.24, 2.45) is 11.3 Å². The highest BCUT2D eigenvalue weighted by atomic mass is 16.6. The number of hydrogen-bond donors (Lipinski definition) is 8. The van der Waals surface area contributed by atoms with Crippen molar-refractivity contribution in [1.82, 2.24) is 51.6 Å². The molecular weight excluding hydrogens is 1440 g/mol. The lowest BCUT2D eigenvalue weighted by Crippen LogP contribution is -2.55. The molecule has 30 heteroatoms. The number of ether oxygens (including phenoxy) is 6. The zero-order chi connectivity index (χ0) is 78.6. The fourth-order valence-electron chi connectivity index (χ4n) is 15.8. The summed E-state index contributed by atoms with van der Waals surface area (Å²) in [5, 5.41) is 28.6. The van der Waals surface area contributed by atoms with Gasteiger partial charge in [-0.05, 0) is 122 Å². The van der Waals surface area contributed by atoms with Crippen molar-refractivity contribution in [2.45, 2.75) is 141 Å². The number of rotatable bonds is 26. The second-order valence-corrected chi connectivity index (χ2v) is 29.8. The number of hydrazine groups is 2. The fraction of sp³-hybridized carbons (Fsp3) is 0.415. The molecule has 7 aliphatic heterocycles. The van der Waals surface area contributed by atoms with E-state index in [0.29, 0.717) is 97.2 Å². The highest BCUT2D eigenvalue weighted by molar-refractivity contribution is 6.07. The summed E-state index contributed by atoms with van der Waals surface area (Å²) in [6.45, 7) is 8.29. The summed E-state index contributed by atoms with van der Waals surface area (Å²) in [7, 11) is 4.51. The maximum atomic E-state index is 14.6. The van der Waals surface area contributed by atoms with Gasteiger partial charge in [0.25, 0.3) is 11.8 Å². The van der Waals surface area contributed by atoms with Gasteiger partial charge < -0.3 is 85.1 Å². The number of amides is 9. The molecule has 8 heterocycles. The van der Waals surface area contributed by atoms with E-state index in [9.17, 15) is 48.3 Å². The van der Waals surface area contributed by atoms with Crippen LogP contribution < -0.4 is 71.0 Å². The molecule has 9 amide bonds. The highest BCUT2D eigenvalue weighted by Crippen LogP contribution is 2.57. The van der Waals surface area contributed by atoms with E-state index in [0.717, 1.165) is 57.0 Å². The quantitative estimate of drug-likeness (QED) is 0.0241. The molecule has 1 aromatic heterocycles. The van der Waals surface area contributed by atoms with Gasteiger partial charge in [-0.2, -0.15) is 0 Å². The number of aliphatic hydroxyl groups is 1. The van der Waals surface area contributed by atoms with Crippen LogP contribution in [0.15, 0.2) is 122 Å². The third kappa shape index (κ3) is 15.9. The molecule has 8 aliphatic rings. The van der Waals surface area contributed by atoms with Crippen LogP contribution >= 0.6 is 0 Å². The molecule has 5 aromatic carbocycles. The molecule has 1 spiro atoms. The van der Waals surface area contributed by atoms with Crippen LogP contribution in [0.4, 0.5) is 27.5 Å². The van der Waals surface area contributed by atoms with Gasteiger partial charge in [-0.1, -0.05) is 74.9 Å². The van der Waals surface area contributed by atoms with Crippen LogP contribution in [0, 0.1) is 11.3 Å². The Bertz CT molecular complexity index is 4720. The van der Waals surface area contributed by atoms with Gasteiger partial charge in [0.15, 0.2) is 29.2 Å². The van der Waals surface area contributed by atoms with Gasteiger partial charge in [0.1, 0.15) is 18.7 Å². The Morgan fingerprint density at radius 2 is 1.47 bits per heavy atom. The van der Waals surface area contributed by atoms with Gasteiger partial charge in [0, 0.05) is 92.3 Å². The maximum absolute atomic E-state index is 14.6. The van der Waals surface area contributed by atoms with Crippen LogP contribution in [-0.2, 0) is 46.7 Å². The minimum absolute atomic E-state index is 0.0595. The Morgan fingerprint density at radius 1 is 0.750 bits per heavy atom. The second kappa shape index (κ2) is 32.9. The largest absolute Gasteiger partial charge is 0.493 e. The van der Waals surface area contributed by atoms with E-state index >= 15 is 0 Å². The smallest absolute Gasteiger partial charge is 0.416 e. The number of para-hydroxylation sites is 1. The fourth-order valence-corrected chi connectivity index (χ4v) is 15.8. The highest BCUT2D eigenvalue weighted by Gasteiger charge is 2.58. The number of pyridine rings is 1. The minimum Gasteiger partial charge on any atom is -0.493 e. The monoisotopic (exact) mass is 1530 g/mol. The van der Waals surface area contributed by atoms with Crippen LogP contribution in [0.5, 0.6) is 28.9 Å². The van der Waals surface area contributed by atoms with Gasteiger partial charge in [-0.15, -0.1) is 5.53 Å². The maximum Gasteiger partial charge on any atom is 0.416 e. The summed E-state index contributed by atoms with van der Waals surface area (Å²) in [4.78, 5) is 137. The van der Waals surface area contributed by atoms with Crippen molar-refractivity contribution >= 4 is 93.1 Å². The number of hydrogen-bond acceptors (Lipinski definition) is 21. The number of carbonyl (C=O) groups is 9. The third-order valence-corrected chi connectivity index (χ3v) is 22.3. The number of aromatic nitrogens is 1. The molecule has 0 bridgehead atoms. The summed E-state index contributed by atoms with van der Waals surface area (Å²) in [6, 6.07) is 29.4. The Balaban J connectivity index is 0.556. The topological polar surface area (TPSA) is 346 Å². The lowest BCUT2D eigenvalue weighted by Gasteiger charge is -2.32.